The lowest BCUT2D eigenvalue weighted by Gasteiger charge is -2.30. The lowest BCUT2D eigenvalue weighted by Crippen LogP contribution is -2.41. The fourth-order valence-electron chi connectivity index (χ4n) is 2.12. The summed E-state index contributed by atoms with van der Waals surface area (Å²) in [6.45, 7) is 0.727. The first-order valence-corrected chi connectivity index (χ1v) is 8.26. The number of nitrogens with zero attached hydrogens (tertiary/aromatic N) is 1. The topological polar surface area (TPSA) is 75.7 Å². The smallest absolute Gasteiger partial charge is 0.166 e. The molecule has 0 heterocycles. The summed E-state index contributed by atoms with van der Waals surface area (Å²) >= 11 is 0. The van der Waals surface area contributed by atoms with Crippen LogP contribution in [0.15, 0.2) is 18.2 Å². The third-order valence-electron chi connectivity index (χ3n) is 3.43. The SMILES string of the molecule is COc1ccc([N+](C)(C)CCCCS(=O)(=O)[O-])cc1OC. The number of quaternary nitrogens is 1. The van der Waals surface area contributed by atoms with E-state index in [9.17, 15) is 13.0 Å². The largest absolute Gasteiger partial charge is 0.748 e. The van der Waals surface area contributed by atoms with E-state index < -0.39 is 10.1 Å². The predicted octanol–water partition coefficient (Wildman–Crippen LogP) is 1.60. The van der Waals surface area contributed by atoms with Crippen molar-refractivity contribution in [3.63, 3.8) is 0 Å². The van der Waals surface area contributed by atoms with Crippen molar-refractivity contribution in [3.8, 4) is 11.5 Å². The van der Waals surface area contributed by atoms with Crippen LogP contribution in [0.4, 0.5) is 5.69 Å². The van der Waals surface area contributed by atoms with Crippen LogP contribution in [-0.2, 0) is 10.1 Å². The molecule has 0 fully saturated rings. The maximum Gasteiger partial charge on any atom is 0.166 e. The van der Waals surface area contributed by atoms with Crippen molar-refractivity contribution in [1.29, 1.82) is 0 Å². The van der Waals surface area contributed by atoms with Crippen LogP contribution in [0, 0.1) is 0 Å². The molecular weight excluding hydrogens is 294 g/mol. The zero-order valence-electron chi connectivity index (χ0n) is 13.0. The highest BCUT2D eigenvalue weighted by atomic mass is 32.2. The Hall–Kier alpha value is -1.31. The molecule has 21 heavy (non-hydrogen) atoms. The van der Waals surface area contributed by atoms with Crippen LogP contribution in [-0.4, -0.2) is 53.6 Å². The molecule has 0 saturated heterocycles. The maximum absolute atomic E-state index is 10.6. The lowest BCUT2D eigenvalue weighted by molar-refractivity contribution is 0.349. The molecule has 7 heteroatoms. The number of hydrogen-bond donors (Lipinski definition) is 0. The van der Waals surface area contributed by atoms with Crippen molar-refractivity contribution in [2.24, 2.45) is 0 Å². The van der Waals surface area contributed by atoms with Crippen molar-refractivity contribution >= 4 is 15.8 Å². The molecule has 0 amide bonds. The van der Waals surface area contributed by atoms with Crippen molar-refractivity contribution in [3.05, 3.63) is 18.2 Å². The Kier molecular flexibility index (Phi) is 6.00. The summed E-state index contributed by atoms with van der Waals surface area (Å²) < 4.78 is 42.8. The number of unbranched alkanes of at least 4 members (excludes halogenated alkanes) is 1. The van der Waals surface area contributed by atoms with Gasteiger partial charge in [0.05, 0.1) is 45.0 Å². The molecule has 0 atom stereocenters. The van der Waals surface area contributed by atoms with E-state index >= 15 is 0 Å². The second kappa shape index (κ2) is 7.11. The first kappa shape index (κ1) is 17.7. The highest BCUT2D eigenvalue weighted by Gasteiger charge is 2.20. The summed E-state index contributed by atoms with van der Waals surface area (Å²) in [7, 11) is 3.09. The van der Waals surface area contributed by atoms with E-state index in [0.29, 0.717) is 28.8 Å². The molecule has 1 aromatic rings. The van der Waals surface area contributed by atoms with E-state index in [1.54, 1.807) is 14.2 Å². The molecule has 0 aromatic heterocycles. The molecule has 120 valence electrons. The average molecular weight is 317 g/mol. The third-order valence-corrected chi connectivity index (χ3v) is 4.22. The van der Waals surface area contributed by atoms with Crippen LogP contribution in [0.3, 0.4) is 0 Å². The quantitative estimate of drug-likeness (QED) is 0.413. The van der Waals surface area contributed by atoms with Gasteiger partial charge in [-0.05, 0) is 18.9 Å². The van der Waals surface area contributed by atoms with Gasteiger partial charge in [0.2, 0.25) is 0 Å². The van der Waals surface area contributed by atoms with Gasteiger partial charge in [-0.1, -0.05) is 0 Å². The van der Waals surface area contributed by atoms with Crippen LogP contribution in [0.1, 0.15) is 12.8 Å². The van der Waals surface area contributed by atoms with E-state index in [1.807, 2.05) is 32.3 Å². The minimum absolute atomic E-state index is 0.307. The van der Waals surface area contributed by atoms with Gasteiger partial charge >= 0.3 is 0 Å². The first-order valence-electron chi connectivity index (χ1n) is 6.69. The Labute approximate surface area is 126 Å². The standard InChI is InChI=1S/C14H23NO5S/c1-15(2,9-5-6-10-21(16,17)18)12-7-8-13(19-3)14(11-12)20-4/h7-8,11H,5-6,9-10H2,1-4H3. The molecular formula is C14H23NO5S. The molecule has 1 aromatic carbocycles. The molecule has 0 N–H and O–H groups in total. The molecule has 0 spiro atoms. The van der Waals surface area contributed by atoms with Gasteiger partial charge in [-0.25, -0.2) is 8.42 Å². The summed E-state index contributed by atoms with van der Waals surface area (Å²) in [4.78, 5) is 0. The Morgan fingerprint density at radius 2 is 1.71 bits per heavy atom. The number of hydrogen-bond acceptors (Lipinski definition) is 5. The molecule has 1 rings (SSSR count). The van der Waals surface area contributed by atoms with Crippen LogP contribution < -0.4 is 14.0 Å². The Bertz CT molecular complexity index is 569. The van der Waals surface area contributed by atoms with Gasteiger partial charge in [0, 0.05) is 17.9 Å². The van der Waals surface area contributed by atoms with Crippen LogP contribution in [0.5, 0.6) is 11.5 Å². The third kappa shape index (κ3) is 5.53. The van der Waals surface area contributed by atoms with Gasteiger partial charge < -0.3 is 14.0 Å². The second-order valence-corrected chi connectivity index (χ2v) is 6.94. The maximum atomic E-state index is 10.6. The summed E-state index contributed by atoms with van der Waals surface area (Å²) in [6.07, 6.45) is 1.03. The van der Waals surface area contributed by atoms with Crippen molar-refractivity contribution in [2.75, 3.05) is 40.6 Å². The molecule has 0 aliphatic rings. The molecule has 0 unspecified atom stereocenters. The lowest BCUT2D eigenvalue weighted by atomic mass is 10.2. The highest BCUT2D eigenvalue weighted by Crippen LogP contribution is 2.33. The van der Waals surface area contributed by atoms with Gasteiger partial charge in [0.1, 0.15) is 5.69 Å². The minimum atomic E-state index is -4.12. The van der Waals surface area contributed by atoms with E-state index in [4.69, 9.17) is 9.47 Å². The van der Waals surface area contributed by atoms with E-state index in [0.717, 1.165) is 12.2 Å². The zero-order valence-corrected chi connectivity index (χ0v) is 13.8. The van der Waals surface area contributed by atoms with Gasteiger partial charge in [0.15, 0.2) is 11.5 Å². The van der Waals surface area contributed by atoms with Crippen LogP contribution in [0.25, 0.3) is 0 Å². The summed E-state index contributed by atoms with van der Waals surface area (Å²) in [5.74, 6) is 1.01. The van der Waals surface area contributed by atoms with Crippen molar-refractivity contribution in [1.82, 2.24) is 4.48 Å². The number of rotatable bonds is 8. The molecule has 0 aliphatic heterocycles. The van der Waals surface area contributed by atoms with Crippen molar-refractivity contribution in [2.45, 2.75) is 12.8 Å². The minimum Gasteiger partial charge on any atom is -0.748 e. The average Bonchev–Trinajstić information content (AvgIpc) is 2.41. The van der Waals surface area contributed by atoms with Gasteiger partial charge in [-0.15, -0.1) is 0 Å². The number of benzene rings is 1. The Morgan fingerprint density at radius 1 is 1.10 bits per heavy atom. The summed E-state index contributed by atoms with van der Waals surface area (Å²) in [5, 5.41) is 0. The van der Waals surface area contributed by atoms with E-state index in [1.165, 1.54) is 0 Å². The molecule has 0 aliphatic carbocycles. The number of methoxy groups -OCH3 is 2. The zero-order chi connectivity index (χ0) is 16.1. The van der Waals surface area contributed by atoms with Gasteiger partial charge in [-0.3, -0.25) is 4.48 Å². The molecule has 0 bridgehead atoms. The van der Waals surface area contributed by atoms with Gasteiger partial charge in [0.25, 0.3) is 0 Å². The summed E-state index contributed by atoms with van der Waals surface area (Å²) in [5.41, 5.74) is 1.03. The van der Waals surface area contributed by atoms with Gasteiger partial charge in [-0.2, -0.15) is 0 Å². The highest BCUT2D eigenvalue weighted by molar-refractivity contribution is 7.85. The molecule has 6 nitrogen and oxygen atoms in total. The molecule has 0 radical (unpaired) electrons. The van der Waals surface area contributed by atoms with Crippen molar-refractivity contribution < 1.29 is 22.4 Å². The Balaban J connectivity index is 2.73. The normalized spacial score (nSPS) is 12.2. The predicted molar refractivity (Wildman–Crippen MR) is 81.9 cm³/mol. The second-order valence-electron chi connectivity index (χ2n) is 5.42. The Morgan fingerprint density at radius 3 is 2.24 bits per heavy atom. The van der Waals surface area contributed by atoms with E-state index in [-0.39, 0.29) is 5.75 Å². The fraction of sp³-hybridized carbons (Fsp3) is 0.571. The van der Waals surface area contributed by atoms with Crippen LogP contribution in [0.2, 0.25) is 0 Å². The molecule has 0 saturated carbocycles. The van der Waals surface area contributed by atoms with Crippen LogP contribution >= 0.6 is 0 Å². The van der Waals surface area contributed by atoms with E-state index in [2.05, 4.69) is 0 Å². The fourth-order valence-corrected chi connectivity index (χ4v) is 2.67. The summed E-state index contributed by atoms with van der Waals surface area (Å²) in [6, 6.07) is 5.70. The first-order chi connectivity index (χ1) is 9.69. The number of ether oxygens (including phenoxy) is 2. The monoisotopic (exact) mass is 317 g/mol.